The Kier molecular flexibility index (Phi) is 4.38. The lowest BCUT2D eigenvalue weighted by atomic mass is 10.3. The van der Waals surface area contributed by atoms with Crippen LogP contribution in [0.1, 0.15) is 6.42 Å². The van der Waals surface area contributed by atoms with Gasteiger partial charge in [-0.15, -0.1) is 0 Å². The molecule has 17 heavy (non-hydrogen) atoms. The average molecular weight is 234 g/mol. The molecule has 0 atom stereocenters. The highest BCUT2D eigenvalue weighted by Crippen LogP contribution is 2.08. The molecule has 0 aliphatic carbocycles. The summed E-state index contributed by atoms with van der Waals surface area (Å²) in [5, 5.41) is 2.82. The maximum absolute atomic E-state index is 11.1. The van der Waals surface area contributed by atoms with E-state index in [1.165, 1.54) is 0 Å². The lowest BCUT2D eigenvalue weighted by molar-refractivity contribution is -0.124. The highest BCUT2D eigenvalue weighted by atomic mass is 16.5. The molecule has 92 valence electrons. The van der Waals surface area contributed by atoms with E-state index >= 15 is 0 Å². The van der Waals surface area contributed by atoms with Gasteiger partial charge in [0.25, 0.3) is 0 Å². The number of rotatable bonds is 5. The Morgan fingerprint density at radius 3 is 2.88 bits per heavy atom. The molecule has 1 heterocycles. The molecule has 1 aliphatic rings. The number of carbonyl (C=O) groups is 1. The summed E-state index contributed by atoms with van der Waals surface area (Å²) >= 11 is 0. The van der Waals surface area contributed by atoms with E-state index in [9.17, 15) is 4.79 Å². The Balaban J connectivity index is 1.61. The smallest absolute Gasteiger partial charge is 0.234 e. The standard InChI is InChI=1S/C13H18N2O2/c16-13-11-15(9-7-14-13)8-4-10-17-12-5-2-1-3-6-12/h1-3,5-6H,4,7-11H2,(H,14,16). The molecule has 0 spiro atoms. The van der Waals surface area contributed by atoms with Crippen LogP contribution in [0.2, 0.25) is 0 Å². The maximum Gasteiger partial charge on any atom is 0.234 e. The zero-order valence-corrected chi connectivity index (χ0v) is 9.89. The zero-order valence-electron chi connectivity index (χ0n) is 9.89. The van der Waals surface area contributed by atoms with Crippen molar-refractivity contribution in [1.82, 2.24) is 10.2 Å². The molecule has 4 nitrogen and oxygen atoms in total. The first-order chi connectivity index (χ1) is 8.34. The minimum Gasteiger partial charge on any atom is -0.494 e. The minimum absolute atomic E-state index is 0.125. The molecule has 1 aromatic rings. The number of hydrogen-bond acceptors (Lipinski definition) is 3. The van der Waals surface area contributed by atoms with Gasteiger partial charge in [-0.1, -0.05) is 18.2 Å². The van der Waals surface area contributed by atoms with Gasteiger partial charge >= 0.3 is 0 Å². The van der Waals surface area contributed by atoms with Crippen LogP contribution in [-0.2, 0) is 4.79 Å². The van der Waals surface area contributed by atoms with E-state index in [4.69, 9.17) is 4.74 Å². The summed E-state index contributed by atoms with van der Waals surface area (Å²) in [6, 6.07) is 9.80. The van der Waals surface area contributed by atoms with Crippen molar-refractivity contribution in [1.29, 1.82) is 0 Å². The normalized spacial score (nSPS) is 16.6. The molecule has 1 aliphatic heterocycles. The predicted molar refractivity (Wildman–Crippen MR) is 66.0 cm³/mol. The summed E-state index contributed by atoms with van der Waals surface area (Å²) in [7, 11) is 0. The van der Waals surface area contributed by atoms with E-state index in [-0.39, 0.29) is 5.91 Å². The van der Waals surface area contributed by atoms with Gasteiger partial charge in [0.05, 0.1) is 13.2 Å². The Labute approximate surface area is 102 Å². The van der Waals surface area contributed by atoms with Crippen molar-refractivity contribution in [2.45, 2.75) is 6.42 Å². The molecule has 1 saturated heterocycles. The first-order valence-electron chi connectivity index (χ1n) is 6.01. The molecule has 0 aromatic heterocycles. The molecular formula is C13H18N2O2. The Bertz CT molecular complexity index is 354. The van der Waals surface area contributed by atoms with Crippen molar-refractivity contribution < 1.29 is 9.53 Å². The first kappa shape index (κ1) is 11.9. The number of benzene rings is 1. The van der Waals surface area contributed by atoms with Crippen LogP contribution < -0.4 is 10.1 Å². The number of nitrogens with zero attached hydrogens (tertiary/aromatic N) is 1. The summed E-state index contributed by atoms with van der Waals surface area (Å²) in [6.45, 7) is 3.84. The number of ether oxygens (including phenoxy) is 1. The van der Waals surface area contributed by atoms with Crippen molar-refractivity contribution in [3.8, 4) is 5.75 Å². The van der Waals surface area contributed by atoms with E-state index in [2.05, 4.69) is 10.2 Å². The van der Waals surface area contributed by atoms with Crippen LogP contribution in [0.15, 0.2) is 30.3 Å². The molecule has 4 heteroatoms. The van der Waals surface area contributed by atoms with Crippen LogP contribution in [0.5, 0.6) is 5.75 Å². The van der Waals surface area contributed by atoms with Gasteiger partial charge in [0.2, 0.25) is 5.91 Å². The second kappa shape index (κ2) is 6.25. The van der Waals surface area contributed by atoms with Crippen LogP contribution in [0.25, 0.3) is 0 Å². The second-order valence-corrected chi connectivity index (χ2v) is 4.14. The van der Waals surface area contributed by atoms with E-state index in [0.717, 1.165) is 31.8 Å². The fourth-order valence-electron chi connectivity index (χ4n) is 1.88. The minimum atomic E-state index is 0.125. The molecule has 2 rings (SSSR count). The summed E-state index contributed by atoms with van der Waals surface area (Å²) in [4.78, 5) is 13.3. The van der Waals surface area contributed by atoms with Gasteiger partial charge in [-0.05, 0) is 18.6 Å². The highest BCUT2D eigenvalue weighted by Gasteiger charge is 2.14. The van der Waals surface area contributed by atoms with Crippen LogP contribution in [0.4, 0.5) is 0 Å². The van der Waals surface area contributed by atoms with Crippen molar-refractivity contribution in [3.63, 3.8) is 0 Å². The van der Waals surface area contributed by atoms with E-state index < -0.39 is 0 Å². The zero-order chi connectivity index (χ0) is 11.9. The average Bonchev–Trinajstić information content (AvgIpc) is 2.36. The van der Waals surface area contributed by atoms with E-state index in [1.54, 1.807) is 0 Å². The quantitative estimate of drug-likeness (QED) is 0.769. The molecule has 0 radical (unpaired) electrons. The van der Waals surface area contributed by atoms with Crippen LogP contribution in [0.3, 0.4) is 0 Å². The molecule has 0 bridgehead atoms. The van der Waals surface area contributed by atoms with Gasteiger partial charge in [-0.25, -0.2) is 0 Å². The van der Waals surface area contributed by atoms with Gasteiger partial charge in [-0.2, -0.15) is 0 Å². The number of piperazine rings is 1. The summed E-state index contributed by atoms with van der Waals surface area (Å²) in [5.41, 5.74) is 0. The Hall–Kier alpha value is -1.55. The molecule has 0 unspecified atom stereocenters. The Morgan fingerprint density at radius 2 is 2.12 bits per heavy atom. The fourth-order valence-corrected chi connectivity index (χ4v) is 1.88. The molecule has 1 fully saturated rings. The van der Waals surface area contributed by atoms with Crippen LogP contribution in [-0.4, -0.2) is 43.6 Å². The topological polar surface area (TPSA) is 41.6 Å². The summed E-state index contributed by atoms with van der Waals surface area (Å²) in [5.74, 6) is 1.03. The summed E-state index contributed by atoms with van der Waals surface area (Å²) < 4.78 is 5.60. The van der Waals surface area contributed by atoms with Crippen molar-refractivity contribution >= 4 is 5.91 Å². The highest BCUT2D eigenvalue weighted by molar-refractivity contribution is 5.78. The second-order valence-electron chi connectivity index (χ2n) is 4.14. The fraction of sp³-hybridized carbons (Fsp3) is 0.462. The molecule has 1 amide bonds. The van der Waals surface area contributed by atoms with E-state index in [1.807, 2.05) is 30.3 Å². The Morgan fingerprint density at radius 1 is 1.29 bits per heavy atom. The third kappa shape index (κ3) is 4.07. The third-order valence-electron chi connectivity index (χ3n) is 2.75. The monoisotopic (exact) mass is 234 g/mol. The number of nitrogens with one attached hydrogen (secondary N) is 1. The lowest BCUT2D eigenvalue weighted by Crippen LogP contribution is -2.47. The van der Waals surface area contributed by atoms with Crippen LogP contribution in [0, 0.1) is 0 Å². The third-order valence-corrected chi connectivity index (χ3v) is 2.75. The number of para-hydroxylation sites is 1. The van der Waals surface area contributed by atoms with Gasteiger partial charge in [-0.3, -0.25) is 9.69 Å². The lowest BCUT2D eigenvalue weighted by Gasteiger charge is -2.26. The maximum atomic E-state index is 11.1. The number of hydrogen-bond donors (Lipinski definition) is 1. The van der Waals surface area contributed by atoms with Gasteiger partial charge < -0.3 is 10.1 Å². The predicted octanol–water partition coefficient (Wildman–Crippen LogP) is 0.887. The summed E-state index contributed by atoms with van der Waals surface area (Å²) in [6.07, 6.45) is 0.947. The number of carbonyl (C=O) groups excluding carboxylic acids is 1. The van der Waals surface area contributed by atoms with Crippen molar-refractivity contribution in [2.75, 3.05) is 32.8 Å². The van der Waals surface area contributed by atoms with E-state index in [0.29, 0.717) is 13.2 Å². The molecule has 0 saturated carbocycles. The molecule has 1 aromatic carbocycles. The SMILES string of the molecule is O=C1CN(CCCOc2ccccc2)CCN1. The van der Waals surface area contributed by atoms with Crippen LogP contribution >= 0.6 is 0 Å². The van der Waals surface area contributed by atoms with Crippen molar-refractivity contribution in [3.05, 3.63) is 30.3 Å². The van der Waals surface area contributed by atoms with Gasteiger partial charge in [0.15, 0.2) is 0 Å². The molecule has 1 N–H and O–H groups in total. The number of amides is 1. The first-order valence-corrected chi connectivity index (χ1v) is 6.01. The van der Waals surface area contributed by atoms with Gasteiger partial charge in [0, 0.05) is 19.6 Å². The molecular weight excluding hydrogens is 216 g/mol. The van der Waals surface area contributed by atoms with Gasteiger partial charge in [0.1, 0.15) is 5.75 Å². The largest absolute Gasteiger partial charge is 0.494 e. The van der Waals surface area contributed by atoms with Crippen molar-refractivity contribution in [2.24, 2.45) is 0 Å².